The molecule has 1 aromatic rings. The van der Waals surface area contributed by atoms with Crippen molar-refractivity contribution in [2.75, 3.05) is 5.73 Å². The summed E-state index contributed by atoms with van der Waals surface area (Å²) in [5.41, 5.74) is 6.01. The molecule has 106 valence electrons. The van der Waals surface area contributed by atoms with E-state index in [4.69, 9.17) is 5.73 Å². The van der Waals surface area contributed by atoms with Crippen molar-refractivity contribution in [3.05, 3.63) is 24.3 Å². The summed E-state index contributed by atoms with van der Waals surface area (Å²) in [7, 11) is -3.62. The number of nitrogens with two attached hydrogens (primary N) is 1. The quantitative estimate of drug-likeness (QED) is 0.575. The van der Waals surface area contributed by atoms with Gasteiger partial charge in [0, 0.05) is 11.7 Å². The van der Waals surface area contributed by atoms with Gasteiger partial charge in [-0.15, -0.1) is 0 Å². The van der Waals surface area contributed by atoms with Gasteiger partial charge in [0.25, 0.3) is 0 Å². The molecule has 0 amide bonds. The van der Waals surface area contributed by atoms with E-state index in [1.807, 2.05) is 0 Å². The van der Waals surface area contributed by atoms with Crippen LogP contribution < -0.4 is 10.5 Å². The molecule has 0 aromatic heterocycles. The van der Waals surface area contributed by atoms with Crippen LogP contribution in [0.2, 0.25) is 0 Å². The van der Waals surface area contributed by atoms with Gasteiger partial charge in [-0.3, -0.25) is 0 Å². The fraction of sp³-hybridized carbons (Fsp3) is 0.538. The molecule has 6 heteroatoms. The second-order valence-electron chi connectivity index (χ2n) is 5.01. The average molecular weight is 284 g/mol. The lowest BCUT2D eigenvalue weighted by Gasteiger charge is -2.21. The molecule has 4 N–H and O–H groups in total. The highest BCUT2D eigenvalue weighted by atomic mass is 32.2. The summed E-state index contributed by atoms with van der Waals surface area (Å²) in [5, 5.41) is 9.96. The number of nitrogen functional groups attached to an aromatic ring is 1. The Balaban J connectivity index is 2.16. The summed E-state index contributed by atoms with van der Waals surface area (Å²) >= 11 is 0. The van der Waals surface area contributed by atoms with Crippen LogP contribution in [0.4, 0.5) is 5.69 Å². The van der Waals surface area contributed by atoms with Crippen molar-refractivity contribution in [3.63, 3.8) is 0 Å². The van der Waals surface area contributed by atoms with E-state index in [2.05, 4.69) is 4.72 Å². The van der Waals surface area contributed by atoms with Crippen LogP contribution >= 0.6 is 0 Å². The normalized spacial score (nSPS) is 24.9. The maximum Gasteiger partial charge on any atom is 0.240 e. The Morgan fingerprint density at radius 3 is 2.68 bits per heavy atom. The minimum Gasteiger partial charge on any atom is -0.399 e. The van der Waals surface area contributed by atoms with E-state index in [9.17, 15) is 13.5 Å². The van der Waals surface area contributed by atoms with Crippen LogP contribution in [-0.2, 0) is 10.0 Å². The number of hydrogen-bond acceptors (Lipinski definition) is 4. The monoisotopic (exact) mass is 284 g/mol. The Kier molecular flexibility index (Phi) is 4.44. The van der Waals surface area contributed by atoms with Gasteiger partial charge in [-0.2, -0.15) is 0 Å². The molecule has 0 bridgehead atoms. The van der Waals surface area contributed by atoms with Gasteiger partial charge in [0.05, 0.1) is 11.0 Å². The lowest BCUT2D eigenvalue weighted by molar-refractivity contribution is 0.130. The van der Waals surface area contributed by atoms with Gasteiger partial charge in [0.2, 0.25) is 10.0 Å². The van der Waals surface area contributed by atoms with Crippen LogP contribution in [0.5, 0.6) is 0 Å². The molecular weight excluding hydrogens is 264 g/mol. The zero-order valence-corrected chi connectivity index (χ0v) is 11.6. The number of aliphatic hydroxyl groups is 1. The molecule has 1 aromatic carbocycles. The van der Waals surface area contributed by atoms with Crippen molar-refractivity contribution < 1.29 is 13.5 Å². The molecule has 0 saturated heterocycles. The summed E-state index contributed by atoms with van der Waals surface area (Å²) in [6.07, 6.45) is 3.61. The first kappa shape index (κ1) is 14.3. The predicted molar refractivity (Wildman–Crippen MR) is 74.1 cm³/mol. The minimum atomic E-state index is -3.62. The van der Waals surface area contributed by atoms with Gasteiger partial charge >= 0.3 is 0 Å². The molecule has 1 saturated carbocycles. The largest absolute Gasteiger partial charge is 0.399 e. The molecule has 1 fully saturated rings. The molecule has 0 spiro atoms. The molecule has 0 heterocycles. The van der Waals surface area contributed by atoms with E-state index in [-0.39, 0.29) is 4.90 Å². The number of benzene rings is 1. The van der Waals surface area contributed by atoms with Crippen LogP contribution in [0.25, 0.3) is 0 Å². The summed E-state index contributed by atoms with van der Waals surface area (Å²) in [6, 6.07) is 5.76. The van der Waals surface area contributed by atoms with E-state index in [1.165, 1.54) is 12.1 Å². The zero-order chi connectivity index (χ0) is 13.9. The molecule has 2 unspecified atom stereocenters. The van der Waals surface area contributed by atoms with Crippen molar-refractivity contribution in [3.8, 4) is 0 Å². The second-order valence-corrected chi connectivity index (χ2v) is 6.72. The van der Waals surface area contributed by atoms with Crippen LogP contribution in [0.1, 0.15) is 32.1 Å². The van der Waals surface area contributed by atoms with Gasteiger partial charge < -0.3 is 10.8 Å². The van der Waals surface area contributed by atoms with Crippen LogP contribution in [0.15, 0.2) is 29.2 Å². The van der Waals surface area contributed by atoms with Crippen molar-refractivity contribution in [1.29, 1.82) is 0 Å². The summed E-state index contributed by atoms with van der Waals surface area (Å²) in [4.78, 5) is 0.143. The third-order valence-electron chi connectivity index (χ3n) is 3.45. The Hall–Kier alpha value is -1.11. The van der Waals surface area contributed by atoms with Gasteiger partial charge in [-0.1, -0.05) is 25.3 Å². The van der Waals surface area contributed by atoms with Crippen LogP contribution in [0, 0.1) is 0 Å². The van der Waals surface area contributed by atoms with Crippen LogP contribution in [0.3, 0.4) is 0 Å². The molecule has 0 radical (unpaired) electrons. The topological polar surface area (TPSA) is 92.4 Å². The standard InChI is InChI=1S/C13H20N2O3S/c14-10-5-4-6-11(9-10)19(17,18)15-12-7-2-1-3-8-13(12)16/h4-6,9,12-13,15-16H,1-3,7-8,14H2. The zero-order valence-electron chi connectivity index (χ0n) is 10.7. The number of nitrogens with one attached hydrogen (secondary N) is 1. The van der Waals surface area contributed by atoms with E-state index >= 15 is 0 Å². The van der Waals surface area contributed by atoms with Gasteiger partial charge in [-0.05, 0) is 31.0 Å². The van der Waals surface area contributed by atoms with E-state index in [1.54, 1.807) is 12.1 Å². The molecule has 19 heavy (non-hydrogen) atoms. The Labute approximate surface area is 113 Å². The molecular formula is C13H20N2O3S. The molecule has 1 aliphatic carbocycles. The SMILES string of the molecule is Nc1cccc(S(=O)(=O)NC2CCCCCC2O)c1. The first-order valence-corrected chi connectivity index (χ1v) is 8.03. The minimum absolute atomic E-state index is 0.143. The molecule has 0 aliphatic heterocycles. The third kappa shape index (κ3) is 3.68. The highest BCUT2D eigenvalue weighted by Gasteiger charge is 2.27. The van der Waals surface area contributed by atoms with E-state index in [0.717, 1.165) is 19.3 Å². The molecule has 2 rings (SSSR count). The number of hydrogen-bond donors (Lipinski definition) is 3. The van der Waals surface area contributed by atoms with E-state index in [0.29, 0.717) is 18.5 Å². The fourth-order valence-electron chi connectivity index (χ4n) is 2.37. The summed E-state index contributed by atoms with van der Waals surface area (Å²) < 4.78 is 27.1. The van der Waals surface area contributed by atoms with Crippen LogP contribution in [-0.4, -0.2) is 25.7 Å². The van der Waals surface area contributed by atoms with E-state index < -0.39 is 22.2 Å². The highest BCUT2D eigenvalue weighted by Crippen LogP contribution is 2.20. The highest BCUT2D eigenvalue weighted by molar-refractivity contribution is 7.89. The fourth-order valence-corrected chi connectivity index (χ4v) is 3.73. The van der Waals surface area contributed by atoms with Gasteiger partial charge in [0.1, 0.15) is 0 Å². The number of sulfonamides is 1. The first-order chi connectivity index (χ1) is 8.99. The molecule has 5 nitrogen and oxygen atoms in total. The lowest BCUT2D eigenvalue weighted by Crippen LogP contribution is -2.42. The number of aliphatic hydroxyl groups excluding tert-OH is 1. The number of anilines is 1. The second kappa shape index (κ2) is 5.90. The molecule has 1 aliphatic rings. The Morgan fingerprint density at radius 1 is 1.21 bits per heavy atom. The maximum absolute atomic E-state index is 12.2. The van der Waals surface area contributed by atoms with Gasteiger partial charge in [0.15, 0.2) is 0 Å². The Bertz CT molecular complexity index is 530. The maximum atomic E-state index is 12.2. The summed E-state index contributed by atoms with van der Waals surface area (Å²) in [5.74, 6) is 0. The first-order valence-electron chi connectivity index (χ1n) is 6.55. The van der Waals surface area contributed by atoms with Crippen molar-refractivity contribution in [2.45, 2.75) is 49.1 Å². The van der Waals surface area contributed by atoms with Crippen molar-refractivity contribution >= 4 is 15.7 Å². The average Bonchev–Trinajstić information content (AvgIpc) is 2.55. The Morgan fingerprint density at radius 2 is 1.95 bits per heavy atom. The third-order valence-corrected chi connectivity index (χ3v) is 4.94. The summed E-state index contributed by atoms with van der Waals surface area (Å²) in [6.45, 7) is 0. The smallest absolute Gasteiger partial charge is 0.240 e. The molecule has 2 atom stereocenters. The lowest BCUT2D eigenvalue weighted by atomic mass is 10.1. The van der Waals surface area contributed by atoms with Crippen molar-refractivity contribution in [2.24, 2.45) is 0 Å². The van der Waals surface area contributed by atoms with Gasteiger partial charge in [-0.25, -0.2) is 13.1 Å². The predicted octanol–water partition coefficient (Wildman–Crippen LogP) is 1.24. The van der Waals surface area contributed by atoms with Crippen molar-refractivity contribution in [1.82, 2.24) is 4.72 Å². The number of rotatable bonds is 3.